The first-order valence-corrected chi connectivity index (χ1v) is 7.89. The number of aliphatic carboxylic acids is 2. The molecular formula is C15H14Cl2FNO5. The van der Waals surface area contributed by atoms with E-state index in [1.807, 2.05) is 0 Å². The van der Waals surface area contributed by atoms with Crippen molar-refractivity contribution in [3.8, 4) is 0 Å². The zero-order chi connectivity index (χ0) is 17.9. The van der Waals surface area contributed by atoms with Crippen LogP contribution in [0.1, 0.15) is 12.0 Å². The van der Waals surface area contributed by atoms with Gasteiger partial charge >= 0.3 is 11.9 Å². The van der Waals surface area contributed by atoms with E-state index in [0.29, 0.717) is 15.6 Å². The maximum atomic E-state index is 14.4. The van der Waals surface area contributed by atoms with Crippen LogP contribution in [0, 0.1) is 11.8 Å². The highest BCUT2D eigenvalue weighted by Gasteiger charge is 2.85. The number of hydrogen-bond acceptors (Lipinski definition) is 4. The Hall–Kier alpha value is -1.41. The van der Waals surface area contributed by atoms with Gasteiger partial charge in [-0.25, -0.2) is 9.18 Å². The number of benzene rings is 1. The molecule has 3 rings (SSSR count). The van der Waals surface area contributed by atoms with Crippen molar-refractivity contribution in [1.82, 2.24) is 0 Å². The molecule has 9 heteroatoms. The number of carbonyl (C=O) groups is 2. The second-order valence-corrected chi connectivity index (χ2v) is 7.01. The van der Waals surface area contributed by atoms with Crippen LogP contribution < -0.4 is 5.73 Å². The van der Waals surface area contributed by atoms with Crippen LogP contribution in [0.3, 0.4) is 0 Å². The molecule has 0 aliphatic heterocycles. The van der Waals surface area contributed by atoms with E-state index in [1.54, 1.807) is 18.2 Å². The number of carboxylic acids is 2. The Morgan fingerprint density at radius 3 is 2.58 bits per heavy atom. The lowest BCUT2D eigenvalue weighted by Crippen LogP contribution is -2.60. The lowest BCUT2D eigenvalue weighted by atomic mass is 9.88. The molecule has 0 radical (unpaired) electrons. The predicted molar refractivity (Wildman–Crippen MR) is 82.7 cm³/mol. The third-order valence-corrected chi connectivity index (χ3v) is 5.55. The van der Waals surface area contributed by atoms with Gasteiger partial charge in [-0.3, -0.25) is 4.79 Å². The van der Waals surface area contributed by atoms with Gasteiger partial charge in [0.25, 0.3) is 0 Å². The molecule has 2 aliphatic rings. The standard InChI is InChI=1S/C15H14Cl2FNO5/c16-7-1-2-9(17)6(3-7)5-24-10-4-8-11(14(8,18)12(20)21)15(10,19)13(22)23/h1-3,8,10-11H,4-5,19H2,(H,20,21)(H,22,23)/t8-,10-,11+,14-,15+/m1/s1. The Balaban J connectivity index is 1.79. The highest BCUT2D eigenvalue weighted by Crippen LogP contribution is 2.67. The van der Waals surface area contributed by atoms with E-state index in [9.17, 15) is 19.1 Å². The van der Waals surface area contributed by atoms with Crippen LogP contribution in [0.25, 0.3) is 0 Å². The molecule has 24 heavy (non-hydrogen) atoms. The molecule has 2 fully saturated rings. The van der Waals surface area contributed by atoms with Gasteiger partial charge in [0.1, 0.15) is 5.54 Å². The fourth-order valence-corrected chi connectivity index (χ4v) is 4.02. The van der Waals surface area contributed by atoms with Crippen molar-refractivity contribution in [2.75, 3.05) is 0 Å². The van der Waals surface area contributed by atoms with Gasteiger partial charge in [-0.05, 0) is 30.2 Å². The van der Waals surface area contributed by atoms with Crippen molar-refractivity contribution in [2.24, 2.45) is 17.6 Å². The monoisotopic (exact) mass is 377 g/mol. The van der Waals surface area contributed by atoms with Gasteiger partial charge in [-0.2, -0.15) is 0 Å². The molecule has 2 saturated carbocycles. The first-order valence-electron chi connectivity index (χ1n) is 7.13. The third-order valence-electron chi connectivity index (χ3n) is 4.95. The molecule has 0 unspecified atom stereocenters. The first-order chi connectivity index (χ1) is 11.1. The van der Waals surface area contributed by atoms with E-state index in [1.165, 1.54) is 0 Å². The second kappa shape index (κ2) is 5.56. The molecule has 2 aliphatic carbocycles. The summed E-state index contributed by atoms with van der Waals surface area (Å²) in [6, 6.07) is 4.72. The Morgan fingerprint density at radius 2 is 2.00 bits per heavy atom. The molecule has 0 amide bonds. The van der Waals surface area contributed by atoms with E-state index in [-0.39, 0.29) is 13.0 Å². The normalized spacial score (nSPS) is 37.1. The lowest BCUT2D eigenvalue weighted by Gasteiger charge is -2.31. The maximum absolute atomic E-state index is 14.4. The van der Waals surface area contributed by atoms with Gasteiger partial charge < -0.3 is 20.7 Å². The maximum Gasteiger partial charge on any atom is 0.342 e. The van der Waals surface area contributed by atoms with Crippen molar-refractivity contribution in [2.45, 2.75) is 30.3 Å². The molecule has 0 bridgehead atoms. The summed E-state index contributed by atoms with van der Waals surface area (Å²) in [5.41, 5.74) is 1.70. The number of halogens is 3. The van der Waals surface area contributed by atoms with Crippen LogP contribution in [-0.2, 0) is 20.9 Å². The van der Waals surface area contributed by atoms with E-state index >= 15 is 0 Å². The molecule has 0 aromatic heterocycles. The topological polar surface area (TPSA) is 110 Å². The average Bonchev–Trinajstić information content (AvgIpc) is 2.98. The Morgan fingerprint density at radius 1 is 1.33 bits per heavy atom. The summed E-state index contributed by atoms with van der Waals surface area (Å²) >= 11 is 11.9. The molecule has 4 N–H and O–H groups in total. The minimum atomic E-state index is -2.61. The minimum Gasteiger partial charge on any atom is -0.480 e. The van der Waals surface area contributed by atoms with Crippen LogP contribution in [0.2, 0.25) is 10.0 Å². The average molecular weight is 378 g/mol. The molecule has 1 aromatic carbocycles. The summed E-state index contributed by atoms with van der Waals surface area (Å²) in [5, 5.41) is 19.2. The highest BCUT2D eigenvalue weighted by atomic mass is 35.5. The van der Waals surface area contributed by atoms with Crippen molar-refractivity contribution in [3.05, 3.63) is 33.8 Å². The summed E-state index contributed by atoms with van der Waals surface area (Å²) in [6.07, 6.45) is -1.11. The van der Waals surface area contributed by atoms with Crippen LogP contribution in [0.5, 0.6) is 0 Å². The van der Waals surface area contributed by atoms with Crippen molar-refractivity contribution >= 4 is 35.1 Å². The van der Waals surface area contributed by atoms with Crippen LogP contribution in [0.15, 0.2) is 18.2 Å². The lowest BCUT2D eigenvalue weighted by molar-refractivity contribution is -0.156. The van der Waals surface area contributed by atoms with Crippen LogP contribution in [0.4, 0.5) is 4.39 Å². The Bertz CT molecular complexity index is 732. The quantitative estimate of drug-likeness (QED) is 0.724. The smallest absolute Gasteiger partial charge is 0.342 e. The van der Waals surface area contributed by atoms with Crippen molar-refractivity contribution in [1.29, 1.82) is 0 Å². The van der Waals surface area contributed by atoms with Gasteiger partial charge in [-0.15, -0.1) is 0 Å². The zero-order valence-electron chi connectivity index (χ0n) is 12.2. The fraction of sp³-hybridized carbons (Fsp3) is 0.467. The molecule has 0 heterocycles. The number of fused-ring (bicyclic) bond motifs is 1. The summed E-state index contributed by atoms with van der Waals surface area (Å²) in [6.45, 7) is -0.0674. The van der Waals surface area contributed by atoms with Crippen LogP contribution in [-0.4, -0.2) is 39.5 Å². The number of nitrogens with two attached hydrogens (primary N) is 1. The molecule has 0 saturated heterocycles. The number of alkyl halides is 1. The van der Waals surface area contributed by atoms with Crippen molar-refractivity contribution in [3.63, 3.8) is 0 Å². The summed E-state index contributed by atoms with van der Waals surface area (Å²) in [7, 11) is 0. The van der Waals surface area contributed by atoms with Gasteiger partial charge in [0.05, 0.1) is 12.7 Å². The van der Waals surface area contributed by atoms with Gasteiger partial charge in [0.15, 0.2) is 0 Å². The summed E-state index contributed by atoms with van der Waals surface area (Å²) < 4.78 is 20.0. The van der Waals surface area contributed by atoms with E-state index in [2.05, 4.69) is 0 Å². The van der Waals surface area contributed by atoms with Gasteiger partial charge in [0, 0.05) is 21.9 Å². The van der Waals surface area contributed by atoms with Crippen molar-refractivity contribution < 1.29 is 28.9 Å². The first kappa shape index (κ1) is 17.4. The minimum absolute atomic E-state index is 0.0674. The summed E-state index contributed by atoms with van der Waals surface area (Å²) in [4.78, 5) is 22.7. The third kappa shape index (κ3) is 2.30. The van der Waals surface area contributed by atoms with E-state index in [0.717, 1.165) is 0 Å². The number of carboxylic acid groups (broad SMARTS) is 2. The SMILES string of the molecule is N[C@]1(C(=O)O)[C@H]2[C@@H](C[C@H]1OCc1cc(Cl)ccc1Cl)[C@]2(F)C(=O)O. The largest absolute Gasteiger partial charge is 0.480 e. The highest BCUT2D eigenvalue weighted by molar-refractivity contribution is 6.33. The fourth-order valence-electron chi connectivity index (χ4n) is 3.65. The number of ether oxygens (including phenoxy) is 1. The Labute approximate surface area is 146 Å². The van der Waals surface area contributed by atoms with Crippen LogP contribution >= 0.6 is 23.2 Å². The molecule has 0 spiro atoms. The number of rotatable bonds is 5. The molecule has 6 nitrogen and oxygen atoms in total. The molecule has 1 aromatic rings. The zero-order valence-corrected chi connectivity index (χ0v) is 13.7. The second-order valence-electron chi connectivity index (χ2n) is 6.17. The molecule has 130 valence electrons. The predicted octanol–water partition coefficient (Wildman–Crippen LogP) is 2.10. The van der Waals surface area contributed by atoms with E-state index < -0.39 is 41.1 Å². The molecular weight excluding hydrogens is 364 g/mol. The summed E-state index contributed by atoms with van der Waals surface area (Å²) in [5.74, 6) is -5.47. The Kier molecular flexibility index (Phi) is 4.03. The van der Waals surface area contributed by atoms with Gasteiger partial charge in [0.2, 0.25) is 5.67 Å². The van der Waals surface area contributed by atoms with Gasteiger partial charge in [-0.1, -0.05) is 23.2 Å². The molecule has 5 atom stereocenters. The number of hydrogen-bond donors (Lipinski definition) is 3. The van der Waals surface area contributed by atoms with E-state index in [4.69, 9.17) is 38.8 Å².